The number of benzene rings is 2. The van der Waals surface area contributed by atoms with Crippen LogP contribution in [0.15, 0.2) is 47.6 Å². The van der Waals surface area contributed by atoms with Gasteiger partial charge in [-0.05, 0) is 36.2 Å². The van der Waals surface area contributed by atoms with Gasteiger partial charge in [0.1, 0.15) is 5.75 Å². The van der Waals surface area contributed by atoms with Crippen LogP contribution in [0.1, 0.15) is 13.8 Å². The Bertz CT molecular complexity index is 1020. The van der Waals surface area contributed by atoms with Crippen LogP contribution in [0.3, 0.4) is 0 Å². The summed E-state index contributed by atoms with van der Waals surface area (Å²) in [6.45, 7) is 4.87. The van der Waals surface area contributed by atoms with Crippen molar-refractivity contribution in [2.24, 2.45) is 5.92 Å². The molecular weight excluding hydrogens is 431 g/mol. The number of halogens is 2. The quantitative estimate of drug-likeness (QED) is 0.474. The van der Waals surface area contributed by atoms with E-state index in [2.05, 4.69) is 29.4 Å². The third kappa shape index (κ3) is 5.65. The molecule has 0 aliphatic carbocycles. The molecule has 0 radical (unpaired) electrons. The van der Waals surface area contributed by atoms with Gasteiger partial charge in [0, 0.05) is 28.9 Å². The number of hydrogen-bond acceptors (Lipinski definition) is 5. The van der Waals surface area contributed by atoms with Crippen LogP contribution in [-0.2, 0) is 11.3 Å². The Morgan fingerprint density at radius 1 is 1.21 bits per heavy atom. The van der Waals surface area contributed by atoms with Crippen LogP contribution >= 0.6 is 35.0 Å². The summed E-state index contributed by atoms with van der Waals surface area (Å²) < 4.78 is 1.96. The predicted octanol–water partition coefficient (Wildman–Crippen LogP) is 5.34. The van der Waals surface area contributed by atoms with Gasteiger partial charge in [-0.3, -0.25) is 4.79 Å². The summed E-state index contributed by atoms with van der Waals surface area (Å²) >= 11 is 13.6. The normalized spacial score (nSPS) is 11.1. The van der Waals surface area contributed by atoms with Gasteiger partial charge in [0.05, 0.1) is 10.8 Å². The highest BCUT2D eigenvalue weighted by Crippen LogP contribution is 2.32. The highest BCUT2D eigenvalue weighted by Gasteiger charge is 2.18. The first-order chi connectivity index (χ1) is 13.8. The standard InChI is InChI=1S/C20H20Cl2N4O2S/c1-12(2)10-26-19(16-7-6-13(21)8-17(16)22)24-25-20(26)29-11-18(28)23-14-4-3-5-15(27)9-14/h3-9,12,27H,10-11H2,1-2H3,(H,23,28). The lowest BCUT2D eigenvalue weighted by Gasteiger charge is -2.13. The molecule has 0 spiro atoms. The van der Waals surface area contributed by atoms with Crippen molar-refractivity contribution < 1.29 is 9.90 Å². The summed E-state index contributed by atoms with van der Waals surface area (Å²) in [6, 6.07) is 11.7. The molecule has 9 heteroatoms. The predicted molar refractivity (Wildman–Crippen MR) is 118 cm³/mol. The number of nitrogens with zero attached hydrogens (tertiary/aromatic N) is 3. The molecule has 0 unspecified atom stereocenters. The number of amides is 1. The molecular formula is C20H20Cl2N4O2S. The highest BCUT2D eigenvalue weighted by molar-refractivity contribution is 7.99. The van der Waals surface area contributed by atoms with E-state index in [-0.39, 0.29) is 17.4 Å². The second-order valence-corrected chi connectivity index (χ2v) is 8.61. The zero-order valence-electron chi connectivity index (χ0n) is 15.9. The zero-order valence-corrected chi connectivity index (χ0v) is 18.2. The lowest BCUT2D eigenvalue weighted by molar-refractivity contribution is -0.113. The van der Waals surface area contributed by atoms with Gasteiger partial charge in [-0.2, -0.15) is 0 Å². The molecule has 1 amide bonds. The number of anilines is 1. The maximum absolute atomic E-state index is 12.3. The molecule has 3 rings (SSSR count). The molecule has 2 N–H and O–H groups in total. The van der Waals surface area contributed by atoms with E-state index in [1.54, 1.807) is 30.3 Å². The van der Waals surface area contributed by atoms with Crippen LogP contribution in [0.25, 0.3) is 11.4 Å². The Balaban J connectivity index is 1.78. The first-order valence-electron chi connectivity index (χ1n) is 8.94. The van der Waals surface area contributed by atoms with Crippen LogP contribution < -0.4 is 5.32 Å². The average Bonchev–Trinajstić information content (AvgIpc) is 3.02. The Morgan fingerprint density at radius 3 is 2.69 bits per heavy atom. The molecule has 2 aromatic carbocycles. The van der Waals surface area contributed by atoms with E-state index >= 15 is 0 Å². The van der Waals surface area contributed by atoms with Gasteiger partial charge >= 0.3 is 0 Å². The van der Waals surface area contributed by atoms with E-state index < -0.39 is 0 Å². The topological polar surface area (TPSA) is 80.0 Å². The van der Waals surface area contributed by atoms with Crippen molar-refractivity contribution in [1.29, 1.82) is 0 Å². The van der Waals surface area contributed by atoms with Crippen molar-refractivity contribution >= 4 is 46.6 Å². The van der Waals surface area contributed by atoms with E-state index in [0.717, 1.165) is 5.56 Å². The fourth-order valence-corrected chi connectivity index (χ4v) is 3.95. The number of carbonyl (C=O) groups excluding carboxylic acids is 1. The number of hydrogen-bond donors (Lipinski definition) is 2. The number of thioether (sulfide) groups is 1. The second kappa shape index (κ2) is 9.52. The number of rotatable bonds is 7. The maximum Gasteiger partial charge on any atom is 0.234 e. The maximum atomic E-state index is 12.3. The zero-order chi connectivity index (χ0) is 21.0. The summed E-state index contributed by atoms with van der Waals surface area (Å²) in [4.78, 5) is 12.3. The lowest BCUT2D eigenvalue weighted by atomic mass is 10.2. The van der Waals surface area contributed by atoms with Crippen molar-refractivity contribution in [2.45, 2.75) is 25.5 Å². The van der Waals surface area contributed by atoms with Gasteiger partial charge in [-0.15, -0.1) is 10.2 Å². The summed E-state index contributed by atoms with van der Waals surface area (Å²) in [6.07, 6.45) is 0. The van der Waals surface area contributed by atoms with Crippen molar-refractivity contribution in [2.75, 3.05) is 11.1 Å². The fraction of sp³-hybridized carbons (Fsp3) is 0.250. The third-order valence-electron chi connectivity index (χ3n) is 3.90. The van der Waals surface area contributed by atoms with Crippen LogP contribution in [0.5, 0.6) is 5.75 Å². The van der Waals surface area contributed by atoms with Gasteiger partial charge < -0.3 is 15.0 Å². The molecule has 6 nitrogen and oxygen atoms in total. The number of carbonyl (C=O) groups is 1. The summed E-state index contributed by atoms with van der Waals surface area (Å²) in [5, 5.41) is 22.5. The van der Waals surface area contributed by atoms with Crippen molar-refractivity contribution in [3.05, 3.63) is 52.5 Å². The Hall–Kier alpha value is -2.22. The largest absolute Gasteiger partial charge is 0.508 e. The molecule has 0 bridgehead atoms. The van der Waals surface area contributed by atoms with Crippen LogP contribution in [0.4, 0.5) is 5.69 Å². The lowest BCUT2D eigenvalue weighted by Crippen LogP contribution is -2.15. The van der Waals surface area contributed by atoms with E-state index in [4.69, 9.17) is 23.2 Å². The molecule has 3 aromatic rings. The molecule has 29 heavy (non-hydrogen) atoms. The molecule has 0 atom stereocenters. The Labute approximate surface area is 183 Å². The van der Waals surface area contributed by atoms with E-state index in [1.807, 2.05) is 10.6 Å². The van der Waals surface area contributed by atoms with E-state index in [0.29, 0.717) is 39.2 Å². The first-order valence-corrected chi connectivity index (χ1v) is 10.7. The second-order valence-electron chi connectivity index (χ2n) is 6.82. The monoisotopic (exact) mass is 450 g/mol. The van der Waals surface area contributed by atoms with E-state index in [9.17, 15) is 9.90 Å². The smallest absolute Gasteiger partial charge is 0.234 e. The summed E-state index contributed by atoms with van der Waals surface area (Å²) in [5.41, 5.74) is 1.27. The van der Waals surface area contributed by atoms with Crippen molar-refractivity contribution in [1.82, 2.24) is 14.8 Å². The fourth-order valence-electron chi connectivity index (χ4n) is 2.71. The molecule has 0 aliphatic rings. The summed E-state index contributed by atoms with van der Waals surface area (Å²) in [5.74, 6) is 1.02. The number of phenolic OH excluding ortho intramolecular Hbond substituents is 1. The molecule has 0 saturated heterocycles. The summed E-state index contributed by atoms with van der Waals surface area (Å²) in [7, 11) is 0. The van der Waals surface area contributed by atoms with Gasteiger partial charge in [0.15, 0.2) is 11.0 Å². The number of nitrogens with one attached hydrogen (secondary N) is 1. The first kappa shape index (κ1) is 21.5. The minimum absolute atomic E-state index is 0.0941. The minimum Gasteiger partial charge on any atom is -0.508 e. The molecule has 1 aromatic heterocycles. The number of phenols is 1. The Kier molecular flexibility index (Phi) is 7.05. The minimum atomic E-state index is -0.203. The molecule has 1 heterocycles. The van der Waals surface area contributed by atoms with E-state index in [1.165, 1.54) is 17.8 Å². The molecule has 0 aliphatic heterocycles. The highest BCUT2D eigenvalue weighted by atomic mass is 35.5. The van der Waals surface area contributed by atoms with Gasteiger partial charge in [-0.25, -0.2) is 0 Å². The van der Waals surface area contributed by atoms with Crippen LogP contribution in [0.2, 0.25) is 10.0 Å². The van der Waals surface area contributed by atoms with Crippen LogP contribution in [-0.4, -0.2) is 31.5 Å². The van der Waals surface area contributed by atoms with Crippen molar-refractivity contribution in [3.63, 3.8) is 0 Å². The number of aromatic nitrogens is 3. The SMILES string of the molecule is CC(C)Cn1c(SCC(=O)Nc2cccc(O)c2)nnc1-c1ccc(Cl)cc1Cl. The van der Waals surface area contributed by atoms with Crippen LogP contribution in [0, 0.1) is 5.92 Å². The number of aromatic hydroxyl groups is 1. The Morgan fingerprint density at radius 2 is 2.00 bits per heavy atom. The van der Waals surface area contributed by atoms with Gasteiger partial charge in [0.2, 0.25) is 5.91 Å². The molecule has 152 valence electrons. The molecule has 0 saturated carbocycles. The molecule has 0 fully saturated rings. The van der Waals surface area contributed by atoms with Gasteiger partial charge in [-0.1, -0.05) is 54.9 Å². The van der Waals surface area contributed by atoms with Crippen molar-refractivity contribution in [3.8, 4) is 17.1 Å². The third-order valence-corrected chi connectivity index (χ3v) is 5.41. The average molecular weight is 451 g/mol. The van der Waals surface area contributed by atoms with Gasteiger partial charge in [0.25, 0.3) is 0 Å².